The van der Waals surface area contributed by atoms with Gasteiger partial charge in [0.2, 0.25) is 0 Å². The monoisotopic (exact) mass is 153 g/mol. The molecule has 0 unspecified atom stereocenters. The van der Waals surface area contributed by atoms with Gasteiger partial charge in [0.25, 0.3) is 0 Å². The molecule has 0 amide bonds. The zero-order valence-electron chi connectivity index (χ0n) is 6.59. The maximum absolute atomic E-state index is 9.25. The summed E-state index contributed by atoms with van der Waals surface area (Å²) in [4.78, 5) is 0. The van der Waals surface area contributed by atoms with Crippen molar-refractivity contribution in [1.82, 2.24) is 0 Å². The molecule has 1 aromatic carbocycles. The first-order chi connectivity index (χ1) is 5.15. The Kier molecular flexibility index (Phi) is 1.89. The Morgan fingerprint density at radius 1 is 1.45 bits per heavy atom. The Morgan fingerprint density at radius 2 is 2.09 bits per heavy atom. The van der Waals surface area contributed by atoms with E-state index in [1.165, 1.54) is 0 Å². The third-order valence-electron chi connectivity index (χ3n) is 1.54. The molecule has 11 heavy (non-hydrogen) atoms. The fourth-order valence-corrected chi connectivity index (χ4v) is 0.891. The van der Waals surface area contributed by atoms with Crippen LogP contribution in [-0.2, 0) is 0 Å². The number of hydrogen-bond acceptors (Lipinski definition) is 3. The van der Waals surface area contributed by atoms with Crippen LogP contribution in [0.25, 0.3) is 0 Å². The summed E-state index contributed by atoms with van der Waals surface area (Å²) in [7, 11) is 1.56. The van der Waals surface area contributed by atoms with Gasteiger partial charge in [-0.3, -0.25) is 0 Å². The molecule has 0 aliphatic rings. The summed E-state index contributed by atoms with van der Waals surface area (Å²) >= 11 is 0. The van der Waals surface area contributed by atoms with E-state index in [2.05, 4.69) is 0 Å². The van der Waals surface area contributed by atoms with E-state index in [4.69, 9.17) is 10.5 Å². The van der Waals surface area contributed by atoms with Crippen molar-refractivity contribution < 1.29 is 9.84 Å². The quantitative estimate of drug-likeness (QED) is 0.472. The minimum absolute atomic E-state index is 0.130. The third-order valence-corrected chi connectivity index (χ3v) is 1.54. The lowest BCUT2D eigenvalue weighted by atomic mass is 10.2. The minimum atomic E-state index is 0.130. The van der Waals surface area contributed by atoms with Crippen LogP contribution in [0.4, 0.5) is 5.69 Å². The van der Waals surface area contributed by atoms with Gasteiger partial charge in [-0.25, -0.2) is 0 Å². The highest BCUT2D eigenvalue weighted by atomic mass is 16.5. The molecule has 0 saturated heterocycles. The van der Waals surface area contributed by atoms with Crippen molar-refractivity contribution >= 4 is 5.69 Å². The molecule has 0 aliphatic carbocycles. The maximum atomic E-state index is 9.25. The summed E-state index contributed by atoms with van der Waals surface area (Å²) in [5, 5.41) is 9.25. The van der Waals surface area contributed by atoms with E-state index in [0.717, 1.165) is 5.56 Å². The first-order valence-corrected chi connectivity index (χ1v) is 3.28. The summed E-state index contributed by atoms with van der Waals surface area (Å²) in [5.74, 6) is 0.795. The van der Waals surface area contributed by atoms with Crippen LogP contribution in [0.15, 0.2) is 12.1 Å². The second-order valence-corrected chi connectivity index (χ2v) is 2.38. The van der Waals surface area contributed by atoms with Gasteiger partial charge < -0.3 is 15.6 Å². The predicted molar refractivity (Wildman–Crippen MR) is 43.8 cm³/mol. The number of rotatable bonds is 1. The predicted octanol–water partition coefficient (Wildman–Crippen LogP) is 1.29. The summed E-state index contributed by atoms with van der Waals surface area (Å²) in [6.45, 7) is 1.77. The van der Waals surface area contributed by atoms with Gasteiger partial charge in [0.05, 0.1) is 12.8 Å². The molecule has 0 aromatic heterocycles. The van der Waals surface area contributed by atoms with Crippen LogP contribution >= 0.6 is 0 Å². The highest BCUT2D eigenvalue weighted by Crippen LogP contribution is 2.29. The molecule has 3 nitrogen and oxygen atoms in total. The minimum Gasteiger partial charge on any atom is -0.506 e. The van der Waals surface area contributed by atoms with Gasteiger partial charge in [0.15, 0.2) is 0 Å². The molecule has 0 spiro atoms. The van der Waals surface area contributed by atoms with Crippen molar-refractivity contribution in [3.63, 3.8) is 0 Å². The van der Waals surface area contributed by atoms with Gasteiger partial charge in [0, 0.05) is 6.07 Å². The number of aryl methyl sites for hydroxylation is 1. The molecule has 1 aromatic rings. The van der Waals surface area contributed by atoms with E-state index < -0.39 is 0 Å². The summed E-state index contributed by atoms with van der Waals surface area (Å²) in [6, 6.07) is 3.31. The maximum Gasteiger partial charge on any atom is 0.141 e. The largest absolute Gasteiger partial charge is 0.506 e. The van der Waals surface area contributed by atoms with E-state index in [-0.39, 0.29) is 5.75 Å². The molecule has 0 aliphatic heterocycles. The van der Waals surface area contributed by atoms with Crippen LogP contribution in [0.3, 0.4) is 0 Å². The summed E-state index contributed by atoms with van der Waals surface area (Å²) < 4.78 is 4.94. The number of ether oxygens (including phenoxy) is 1. The fraction of sp³-hybridized carbons (Fsp3) is 0.250. The van der Waals surface area contributed by atoms with Crippen LogP contribution in [-0.4, -0.2) is 12.2 Å². The molecule has 0 fully saturated rings. The van der Waals surface area contributed by atoms with Gasteiger partial charge in [-0.05, 0) is 18.6 Å². The Hall–Kier alpha value is -1.38. The summed E-state index contributed by atoms with van der Waals surface area (Å²) in [6.07, 6.45) is 0. The van der Waals surface area contributed by atoms with Crippen molar-refractivity contribution in [2.45, 2.75) is 6.92 Å². The first kappa shape index (κ1) is 7.72. The normalized spacial score (nSPS) is 9.64. The lowest BCUT2D eigenvalue weighted by Gasteiger charge is -2.05. The molecule has 3 N–H and O–H groups in total. The van der Waals surface area contributed by atoms with Crippen molar-refractivity contribution in [2.75, 3.05) is 12.8 Å². The average Bonchev–Trinajstić information content (AvgIpc) is 1.99. The van der Waals surface area contributed by atoms with Gasteiger partial charge in [-0.15, -0.1) is 0 Å². The first-order valence-electron chi connectivity index (χ1n) is 3.28. The highest BCUT2D eigenvalue weighted by Gasteiger charge is 2.02. The van der Waals surface area contributed by atoms with Crippen molar-refractivity contribution in [3.8, 4) is 11.5 Å². The lowest BCUT2D eigenvalue weighted by molar-refractivity contribution is 0.412. The second-order valence-electron chi connectivity index (χ2n) is 2.38. The number of hydrogen-bond donors (Lipinski definition) is 2. The van der Waals surface area contributed by atoms with Crippen LogP contribution in [0, 0.1) is 6.92 Å². The van der Waals surface area contributed by atoms with E-state index in [1.54, 1.807) is 26.2 Å². The molecule has 0 bridgehead atoms. The Bertz CT molecular complexity index is 248. The van der Waals surface area contributed by atoms with E-state index in [9.17, 15) is 5.11 Å². The van der Waals surface area contributed by atoms with E-state index in [0.29, 0.717) is 11.4 Å². The van der Waals surface area contributed by atoms with Crippen molar-refractivity contribution in [3.05, 3.63) is 17.7 Å². The third kappa shape index (κ3) is 1.37. The standard InChI is InChI=1S/C8H11NO2/c1-5-3-6(11-2)4-7(9)8(5)10/h3-4,10H,9H2,1-2H3. The van der Waals surface area contributed by atoms with Crippen molar-refractivity contribution in [2.24, 2.45) is 0 Å². The number of anilines is 1. The smallest absolute Gasteiger partial charge is 0.141 e. The Balaban J connectivity index is 3.21. The van der Waals surface area contributed by atoms with Crippen LogP contribution in [0.1, 0.15) is 5.56 Å². The van der Waals surface area contributed by atoms with Gasteiger partial charge in [0.1, 0.15) is 11.5 Å². The number of nitrogen functional groups attached to an aromatic ring is 1. The van der Waals surface area contributed by atoms with E-state index in [1.807, 2.05) is 0 Å². The fourth-order valence-electron chi connectivity index (χ4n) is 0.891. The topological polar surface area (TPSA) is 55.5 Å². The highest BCUT2D eigenvalue weighted by molar-refractivity contribution is 5.59. The molecule has 1 rings (SSSR count). The number of aromatic hydroxyl groups is 1. The average molecular weight is 153 g/mol. The van der Waals surface area contributed by atoms with Crippen molar-refractivity contribution in [1.29, 1.82) is 0 Å². The molecule has 0 atom stereocenters. The Labute approximate surface area is 65.4 Å². The molecule has 3 heteroatoms. The zero-order valence-corrected chi connectivity index (χ0v) is 6.59. The van der Waals surface area contributed by atoms with Crippen LogP contribution in [0.5, 0.6) is 11.5 Å². The second kappa shape index (κ2) is 2.70. The number of methoxy groups -OCH3 is 1. The summed E-state index contributed by atoms with van der Waals surface area (Å²) in [5.41, 5.74) is 6.54. The van der Waals surface area contributed by atoms with E-state index >= 15 is 0 Å². The lowest BCUT2D eigenvalue weighted by Crippen LogP contribution is -1.90. The van der Waals surface area contributed by atoms with Crippen LogP contribution < -0.4 is 10.5 Å². The SMILES string of the molecule is COc1cc(C)c(O)c(N)c1. The molecule has 0 heterocycles. The number of phenolic OH excluding ortho intramolecular Hbond substituents is 1. The Morgan fingerprint density at radius 3 is 2.55 bits per heavy atom. The van der Waals surface area contributed by atoms with Gasteiger partial charge in [-0.2, -0.15) is 0 Å². The van der Waals surface area contributed by atoms with Gasteiger partial charge >= 0.3 is 0 Å². The van der Waals surface area contributed by atoms with Gasteiger partial charge in [-0.1, -0.05) is 0 Å². The number of benzene rings is 1. The molecular formula is C8H11NO2. The molecule has 0 saturated carbocycles. The van der Waals surface area contributed by atoms with Crippen LogP contribution in [0.2, 0.25) is 0 Å². The number of phenols is 1. The number of nitrogens with two attached hydrogens (primary N) is 1. The molecule has 0 radical (unpaired) electrons. The molecule has 60 valence electrons. The molecular weight excluding hydrogens is 142 g/mol. The zero-order chi connectivity index (χ0) is 8.43.